The van der Waals surface area contributed by atoms with Crippen molar-refractivity contribution in [2.75, 3.05) is 13.7 Å². The van der Waals surface area contributed by atoms with Crippen LogP contribution in [0, 0.1) is 5.41 Å². The summed E-state index contributed by atoms with van der Waals surface area (Å²) >= 11 is 0. The highest BCUT2D eigenvalue weighted by molar-refractivity contribution is 4.91. The van der Waals surface area contributed by atoms with Crippen molar-refractivity contribution < 1.29 is 4.74 Å². The maximum atomic E-state index is 5.30. The summed E-state index contributed by atoms with van der Waals surface area (Å²) in [4.78, 5) is 0. The smallest absolute Gasteiger partial charge is 0.0601 e. The molecule has 2 aliphatic carbocycles. The molecule has 88 valence electrons. The van der Waals surface area contributed by atoms with E-state index in [2.05, 4.69) is 12.2 Å². The van der Waals surface area contributed by atoms with Crippen molar-refractivity contribution >= 4 is 0 Å². The van der Waals surface area contributed by atoms with Crippen LogP contribution in [0.25, 0.3) is 0 Å². The number of rotatable bonds is 5. The molecule has 0 spiro atoms. The van der Waals surface area contributed by atoms with Crippen LogP contribution >= 0.6 is 0 Å². The van der Waals surface area contributed by atoms with E-state index in [0.717, 1.165) is 6.04 Å². The topological polar surface area (TPSA) is 21.3 Å². The van der Waals surface area contributed by atoms with Crippen LogP contribution in [-0.4, -0.2) is 25.8 Å². The highest BCUT2D eigenvalue weighted by atomic mass is 16.5. The summed E-state index contributed by atoms with van der Waals surface area (Å²) in [5.41, 5.74) is 0.637. The highest BCUT2D eigenvalue weighted by Crippen LogP contribution is 2.40. The quantitative estimate of drug-likeness (QED) is 0.755. The largest absolute Gasteiger partial charge is 0.381 e. The predicted molar refractivity (Wildman–Crippen MR) is 63.0 cm³/mol. The molecule has 0 heterocycles. The van der Waals surface area contributed by atoms with Gasteiger partial charge in [0.05, 0.1) is 6.10 Å². The van der Waals surface area contributed by atoms with Gasteiger partial charge in [-0.1, -0.05) is 19.8 Å². The van der Waals surface area contributed by atoms with Crippen LogP contribution in [0.2, 0.25) is 0 Å². The molecule has 1 N–H and O–H groups in total. The minimum absolute atomic E-state index is 0.531. The summed E-state index contributed by atoms with van der Waals surface area (Å²) in [6.07, 6.45) is 10.1. The Bertz CT molecular complexity index is 193. The molecule has 2 aliphatic rings. The zero-order valence-corrected chi connectivity index (χ0v) is 10.2. The van der Waals surface area contributed by atoms with Gasteiger partial charge < -0.3 is 10.1 Å². The van der Waals surface area contributed by atoms with Crippen molar-refractivity contribution in [3.8, 4) is 0 Å². The maximum Gasteiger partial charge on any atom is 0.0601 e. The molecule has 15 heavy (non-hydrogen) atoms. The molecule has 0 aliphatic heterocycles. The molecule has 0 atom stereocenters. The van der Waals surface area contributed by atoms with Gasteiger partial charge in [0, 0.05) is 19.7 Å². The Morgan fingerprint density at radius 1 is 1.27 bits per heavy atom. The Kier molecular flexibility index (Phi) is 3.68. The first-order valence-corrected chi connectivity index (χ1v) is 6.54. The molecule has 0 unspecified atom stereocenters. The van der Waals surface area contributed by atoms with Crippen LogP contribution in [0.1, 0.15) is 51.9 Å². The first kappa shape index (κ1) is 11.4. The lowest BCUT2D eigenvalue weighted by atomic mass is 9.81. The van der Waals surface area contributed by atoms with Gasteiger partial charge in [0.15, 0.2) is 0 Å². The summed E-state index contributed by atoms with van der Waals surface area (Å²) < 4.78 is 5.30. The Labute approximate surface area is 93.8 Å². The van der Waals surface area contributed by atoms with Gasteiger partial charge in [0.1, 0.15) is 0 Å². The normalized spacial score (nSPS) is 34.0. The molecule has 0 aromatic carbocycles. The number of nitrogens with one attached hydrogen (secondary N) is 1. The highest BCUT2D eigenvalue weighted by Gasteiger charge is 2.35. The summed E-state index contributed by atoms with van der Waals surface area (Å²) in [5.74, 6) is 0. The van der Waals surface area contributed by atoms with Crippen molar-refractivity contribution in [1.82, 2.24) is 5.32 Å². The Morgan fingerprint density at radius 3 is 2.47 bits per heavy atom. The Morgan fingerprint density at radius 2 is 1.93 bits per heavy atom. The van der Waals surface area contributed by atoms with Crippen molar-refractivity contribution in [2.45, 2.75) is 64.0 Å². The number of ether oxygens (including phenoxy) is 1. The van der Waals surface area contributed by atoms with Crippen LogP contribution in [0.4, 0.5) is 0 Å². The second kappa shape index (κ2) is 4.84. The van der Waals surface area contributed by atoms with Gasteiger partial charge >= 0.3 is 0 Å². The molecule has 0 aromatic rings. The average Bonchev–Trinajstić information content (AvgIpc) is 2.65. The van der Waals surface area contributed by atoms with Gasteiger partial charge in [-0.2, -0.15) is 0 Å². The third kappa shape index (κ3) is 2.54. The van der Waals surface area contributed by atoms with E-state index in [0.29, 0.717) is 11.5 Å². The molecule has 0 saturated heterocycles. The minimum atomic E-state index is 0.531. The zero-order chi connectivity index (χ0) is 10.7. The Balaban J connectivity index is 1.68. The fourth-order valence-corrected chi connectivity index (χ4v) is 3.07. The van der Waals surface area contributed by atoms with E-state index in [4.69, 9.17) is 4.74 Å². The number of hydrogen-bond acceptors (Lipinski definition) is 2. The van der Waals surface area contributed by atoms with Gasteiger partial charge in [-0.3, -0.25) is 0 Å². The van der Waals surface area contributed by atoms with Crippen molar-refractivity contribution in [3.63, 3.8) is 0 Å². The lowest BCUT2D eigenvalue weighted by Crippen LogP contribution is -2.48. The van der Waals surface area contributed by atoms with Crippen LogP contribution in [0.15, 0.2) is 0 Å². The molecule has 2 rings (SSSR count). The van der Waals surface area contributed by atoms with E-state index in [1.807, 2.05) is 7.11 Å². The third-order valence-corrected chi connectivity index (χ3v) is 4.61. The molecule has 2 heteroatoms. The number of hydrogen-bond donors (Lipinski definition) is 1. The summed E-state index contributed by atoms with van der Waals surface area (Å²) in [6.45, 7) is 3.59. The molecule has 2 saturated carbocycles. The Hall–Kier alpha value is -0.0800. The third-order valence-electron chi connectivity index (χ3n) is 4.61. The van der Waals surface area contributed by atoms with Gasteiger partial charge in [-0.25, -0.2) is 0 Å². The van der Waals surface area contributed by atoms with Crippen molar-refractivity contribution in [2.24, 2.45) is 5.41 Å². The standard InChI is InChI=1S/C13H25NO/c1-3-13(6-4-5-7-13)10-14-11-8-12(9-11)15-2/h11-12,14H,3-10H2,1-2H3. The molecular weight excluding hydrogens is 186 g/mol. The molecule has 0 aromatic heterocycles. The van der Waals surface area contributed by atoms with E-state index < -0.39 is 0 Å². The molecule has 2 fully saturated rings. The van der Waals surface area contributed by atoms with Crippen LogP contribution in [-0.2, 0) is 4.74 Å². The molecule has 0 bridgehead atoms. The van der Waals surface area contributed by atoms with E-state index in [-0.39, 0.29) is 0 Å². The fraction of sp³-hybridized carbons (Fsp3) is 1.00. The van der Waals surface area contributed by atoms with Crippen molar-refractivity contribution in [3.05, 3.63) is 0 Å². The molecule has 0 radical (unpaired) electrons. The molecule has 2 nitrogen and oxygen atoms in total. The second-order valence-electron chi connectivity index (χ2n) is 5.47. The van der Waals surface area contributed by atoms with Gasteiger partial charge in [0.25, 0.3) is 0 Å². The van der Waals surface area contributed by atoms with Gasteiger partial charge in [-0.05, 0) is 37.5 Å². The SMILES string of the molecule is CCC1(CNC2CC(OC)C2)CCCC1. The van der Waals surface area contributed by atoms with Crippen molar-refractivity contribution in [1.29, 1.82) is 0 Å². The molecule has 0 amide bonds. The molecular formula is C13H25NO. The maximum absolute atomic E-state index is 5.30. The van der Waals surface area contributed by atoms with E-state index in [9.17, 15) is 0 Å². The number of methoxy groups -OCH3 is 1. The lowest BCUT2D eigenvalue weighted by molar-refractivity contribution is 0.0140. The second-order valence-corrected chi connectivity index (χ2v) is 5.47. The lowest BCUT2D eigenvalue weighted by Gasteiger charge is -2.38. The monoisotopic (exact) mass is 211 g/mol. The summed E-state index contributed by atoms with van der Waals surface area (Å²) in [5, 5.41) is 3.74. The van der Waals surface area contributed by atoms with Crippen LogP contribution < -0.4 is 5.32 Å². The summed E-state index contributed by atoms with van der Waals surface area (Å²) in [6, 6.07) is 0.735. The predicted octanol–water partition coefficient (Wildman–Crippen LogP) is 2.72. The zero-order valence-electron chi connectivity index (χ0n) is 10.2. The van der Waals surface area contributed by atoms with Crippen LogP contribution in [0.5, 0.6) is 0 Å². The minimum Gasteiger partial charge on any atom is -0.381 e. The fourth-order valence-electron chi connectivity index (χ4n) is 3.07. The first-order chi connectivity index (χ1) is 7.28. The summed E-state index contributed by atoms with van der Waals surface area (Å²) in [7, 11) is 1.82. The van der Waals surface area contributed by atoms with Crippen LogP contribution in [0.3, 0.4) is 0 Å². The first-order valence-electron chi connectivity index (χ1n) is 6.54. The van der Waals surface area contributed by atoms with Gasteiger partial charge in [-0.15, -0.1) is 0 Å². The van der Waals surface area contributed by atoms with E-state index in [1.165, 1.54) is 51.5 Å². The van der Waals surface area contributed by atoms with Gasteiger partial charge in [0.2, 0.25) is 0 Å². The average molecular weight is 211 g/mol. The van der Waals surface area contributed by atoms with E-state index >= 15 is 0 Å². The van der Waals surface area contributed by atoms with E-state index in [1.54, 1.807) is 0 Å².